The Labute approximate surface area is 151 Å². The summed E-state index contributed by atoms with van der Waals surface area (Å²) in [6.07, 6.45) is -1.06. The molecule has 2 rings (SSSR count). The molecule has 4 nitrogen and oxygen atoms in total. The first-order valence-corrected chi connectivity index (χ1v) is 9.49. The molecule has 0 aliphatic heterocycles. The van der Waals surface area contributed by atoms with Crippen molar-refractivity contribution in [1.82, 2.24) is 0 Å². The first-order valence-electron chi connectivity index (χ1n) is 6.95. The predicted octanol–water partition coefficient (Wildman–Crippen LogP) is 4.05. The molecule has 0 aromatic heterocycles. The maximum absolute atomic E-state index is 12.3. The van der Waals surface area contributed by atoms with E-state index in [-0.39, 0.29) is 17.1 Å². The molecule has 128 valence electrons. The summed E-state index contributed by atoms with van der Waals surface area (Å²) >= 11 is 17.2. The Hall–Kier alpha value is -0.330. The second-order valence-corrected chi connectivity index (χ2v) is 10.4. The van der Waals surface area contributed by atoms with Crippen LogP contribution in [0.15, 0.2) is 29.2 Å². The van der Waals surface area contributed by atoms with Crippen molar-refractivity contribution in [3.63, 3.8) is 0 Å². The minimum atomic E-state index is -4.03. The van der Waals surface area contributed by atoms with E-state index in [2.05, 4.69) is 0 Å². The zero-order valence-corrected chi connectivity index (χ0v) is 15.9. The lowest BCUT2D eigenvalue weighted by atomic mass is 9.58. The van der Waals surface area contributed by atoms with Gasteiger partial charge in [0, 0.05) is 17.8 Å². The summed E-state index contributed by atoms with van der Waals surface area (Å²) in [6.45, 7) is 5.30. The molecule has 1 aromatic carbocycles. The van der Waals surface area contributed by atoms with Gasteiger partial charge in [-0.05, 0) is 19.1 Å². The minimum Gasteiger partial charge on any atom is -0.296 e. The zero-order valence-electron chi connectivity index (χ0n) is 12.8. The number of ketones is 1. The Balaban J connectivity index is 2.18. The van der Waals surface area contributed by atoms with Gasteiger partial charge >= 0.3 is 0 Å². The molecule has 0 amide bonds. The molecule has 0 unspecified atom stereocenters. The summed E-state index contributed by atoms with van der Waals surface area (Å²) in [7, 11) is -4.03. The van der Waals surface area contributed by atoms with Crippen LogP contribution in [0, 0.1) is 18.3 Å². The lowest BCUT2D eigenvalue weighted by Crippen LogP contribution is -2.61. The molecule has 2 atom stereocenters. The van der Waals surface area contributed by atoms with Crippen molar-refractivity contribution in [2.75, 3.05) is 0 Å². The number of carbonyl (C=O) groups excluding carboxylic acids is 1. The molecule has 8 heteroatoms. The number of halogens is 3. The SMILES string of the molecule is Cc1ccc(S(=O)(=O)O[C@@H]2C(=O)[C@H](CC(Cl)(Cl)Cl)C2(C)C)cc1. The summed E-state index contributed by atoms with van der Waals surface area (Å²) in [5.41, 5.74) is 0.186. The molecule has 0 bridgehead atoms. The Morgan fingerprint density at radius 1 is 1.17 bits per heavy atom. The van der Waals surface area contributed by atoms with Gasteiger partial charge in [0.2, 0.25) is 0 Å². The van der Waals surface area contributed by atoms with E-state index in [9.17, 15) is 13.2 Å². The summed E-state index contributed by atoms with van der Waals surface area (Å²) in [5.74, 6) is -0.926. The van der Waals surface area contributed by atoms with Crippen LogP contribution in [-0.2, 0) is 19.1 Å². The maximum atomic E-state index is 12.3. The van der Waals surface area contributed by atoms with Gasteiger partial charge in [-0.2, -0.15) is 8.42 Å². The lowest BCUT2D eigenvalue weighted by molar-refractivity contribution is -0.161. The molecule has 1 aromatic rings. The number of benzene rings is 1. The van der Waals surface area contributed by atoms with Crippen molar-refractivity contribution < 1.29 is 17.4 Å². The first kappa shape index (κ1) is 19.0. The number of hydrogen-bond acceptors (Lipinski definition) is 4. The van der Waals surface area contributed by atoms with E-state index < -0.39 is 31.3 Å². The molecule has 0 N–H and O–H groups in total. The third kappa shape index (κ3) is 4.02. The normalized spacial score (nSPS) is 24.3. The minimum absolute atomic E-state index is 0.0107. The topological polar surface area (TPSA) is 60.4 Å². The van der Waals surface area contributed by atoms with E-state index >= 15 is 0 Å². The van der Waals surface area contributed by atoms with Crippen LogP contribution in [-0.4, -0.2) is 24.1 Å². The van der Waals surface area contributed by atoms with E-state index in [4.69, 9.17) is 39.0 Å². The van der Waals surface area contributed by atoms with Crippen LogP contribution < -0.4 is 0 Å². The van der Waals surface area contributed by atoms with Gasteiger partial charge in [-0.25, -0.2) is 0 Å². The average molecular weight is 400 g/mol. The van der Waals surface area contributed by atoms with Crippen molar-refractivity contribution in [3.05, 3.63) is 29.8 Å². The van der Waals surface area contributed by atoms with Crippen molar-refractivity contribution in [2.45, 2.75) is 42.0 Å². The molecule has 0 spiro atoms. The van der Waals surface area contributed by atoms with Gasteiger partial charge in [0.1, 0.15) is 6.10 Å². The average Bonchev–Trinajstić information content (AvgIpc) is 2.41. The lowest BCUT2D eigenvalue weighted by Gasteiger charge is -2.49. The van der Waals surface area contributed by atoms with Crippen LogP contribution in [0.3, 0.4) is 0 Å². The fourth-order valence-electron chi connectivity index (χ4n) is 2.66. The highest BCUT2D eigenvalue weighted by atomic mass is 35.6. The zero-order chi connectivity index (χ0) is 17.6. The number of alkyl halides is 3. The smallest absolute Gasteiger partial charge is 0.296 e. The second kappa shape index (κ2) is 6.19. The Bertz CT molecular complexity index is 705. The van der Waals surface area contributed by atoms with E-state index in [1.807, 2.05) is 6.92 Å². The fourth-order valence-corrected chi connectivity index (χ4v) is 4.30. The largest absolute Gasteiger partial charge is 0.297 e. The number of hydrogen-bond donors (Lipinski definition) is 0. The van der Waals surface area contributed by atoms with E-state index in [0.29, 0.717) is 0 Å². The molecule has 1 aliphatic rings. The molecule has 1 fully saturated rings. The molecular formula is C15H17Cl3O4S. The van der Waals surface area contributed by atoms with E-state index in [1.54, 1.807) is 26.0 Å². The Kier molecular flexibility index (Phi) is 5.11. The molecular weight excluding hydrogens is 383 g/mol. The standard InChI is InChI=1S/C15H17Cl3O4S/c1-9-4-6-10(7-5-9)23(20,21)22-13-12(19)11(14(13,2)3)8-15(16,17)18/h4-7,11,13H,8H2,1-3H3/t11-,13+/m0/s1. The van der Waals surface area contributed by atoms with Crippen LogP contribution in [0.1, 0.15) is 25.8 Å². The summed E-state index contributed by atoms with van der Waals surface area (Å²) in [5, 5.41) is 0. The van der Waals surface area contributed by atoms with Gasteiger partial charge in [-0.1, -0.05) is 66.3 Å². The third-order valence-electron chi connectivity index (χ3n) is 4.14. The van der Waals surface area contributed by atoms with Crippen LogP contribution in [0.4, 0.5) is 0 Å². The van der Waals surface area contributed by atoms with Crippen molar-refractivity contribution in [3.8, 4) is 0 Å². The fraction of sp³-hybridized carbons (Fsp3) is 0.533. The van der Waals surface area contributed by atoms with Gasteiger partial charge in [0.05, 0.1) is 4.90 Å². The molecule has 1 saturated carbocycles. The summed E-state index contributed by atoms with van der Waals surface area (Å²) in [6, 6.07) is 6.21. The van der Waals surface area contributed by atoms with Crippen molar-refractivity contribution in [2.24, 2.45) is 11.3 Å². The molecule has 23 heavy (non-hydrogen) atoms. The molecule has 0 saturated heterocycles. The van der Waals surface area contributed by atoms with Crippen LogP contribution in [0.25, 0.3) is 0 Å². The van der Waals surface area contributed by atoms with Crippen LogP contribution in [0.2, 0.25) is 0 Å². The highest BCUT2D eigenvalue weighted by molar-refractivity contribution is 7.86. The van der Waals surface area contributed by atoms with Gasteiger partial charge in [0.15, 0.2) is 9.58 Å². The quantitative estimate of drug-likeness (QED) is 0.566. The van der Waals surface area contributed by atoms with Gasteiger partial charge in [0.25, 0.3) is 10.1 Å². The van der Waals surface area contributed by atoms with Crippen LogP contribution in [0.5, 0.6) is 0 Å². The first-order chi connectivity index (χ1) is 10.3. The Morgan fingerprint density at radius 3 is 2.13 bits per heavy atom. The Morgan fingerprint density at radius 2 is 1.70 bits per heavy atom. The number of carbonyl (C=O) groups is 1. The highest BCUT2D eigenvalue weighted by Gasteiger charge is 2.60. The predicted molar refractivity (Wildman–Crippen MR) is 90.4 cm³/mol. The molecule has 1 aliphatic carbocycles. The number of aryl methyl sites for hydroxylation is 1. The highest BCUT2D eigenvalue weighted by Crippen LogP contribution is 2.52. The monoisotopic (exact) mass is 398 g/mol. The van der Waals surface area contributed by atoms with Gasteiger partial charge < -0.3 is 0 Å². The van der Waals surface area contributed by atoms with Crippen LogP contribution >= 0.6 is 34.8 Å². The molecule has 0 radical (unpaired) electrons. The summed E-state index contributed by atoms with van der Waals surface area (Å²) < 4.78 is 28.2. The van der Waals surface area contributed by atoms with Crippen molar-refractivity contribution in [1.29, 1.82) is 0 Å². The van der Waals surface area contributed by atoms with Gasteiger partial charge in [-0.3, -0.25) is 8.98 Å². The molecule has 0 heterocycles. The number of rotatable bonds is 4. The maximum Gasteiger partial charge on any atom is 0.297 e. The van der Waals surface area contributed by atoms with Gasteiger partial charge in [-0.15, -0.1) is 0 Å². The van der Waals surface area contributed by atoms with E-state index in [1.165, 1.54) is 12.1 Å². The second-order valence-electron chi connectivity index (χ2n) is 6.34. The number of Topliss-reactive ketones (excluding diaryl/α,β-unsaturated/α-hetero) is 1. The van der Waals surface area contributed by atoms with E-state index in [0.717, 1.165) is 5.56 Å². The third-order valence-corrected chi connectivity index (χ3v) is 5.90. The summed E-state index contributed by atoms with van der Waals surface area (Å²) in [4.78, 5) is 12.3. The van der Waals surface area contributed by atoms with Crippen molar-refractivity contribution >= 4 is 50.7 Å².